The van der Waals surface area contributed by atoms with E-state index < -0.39 is 0 Å². The summed E-state index contributed by atoms with van der Waals surface area (Å²) in [5.41, 5.74) is 3.25. The van der Waals surface area contributed by atoms with E-state index in [1.54, 1.807) is 23.7 Å². The zero-order valence-electron chi connectivity index (χ0n) is 17.8. The first kappa shape index (κ1) is 19.3. The van der Waals surface area contributed by atoms with E-state index in [4.69, 9.17) is 9.72 Å². The molecular weight excluding hydrogens is 422 g/mol. The Hall–Kier alpha value is -3.36. The molecule has 6 rings (SSSR count). The Labute approximate surface area is 188 Å². The van der Waals surface area contributed by atoms with Gasteiger partial charge in [-0.2, -0.15) is 4.52 Å². The monoisotopic (exact) mass is 443 g/mol. The molecule has 7 nitrogen and oxygen atoms in total. The first-order valence-electron chi connectivity index (χ1n) is 10.5. The molecule has 160 valence electrons. The number of benzene rings is 1. The maximum atomic E-state index is 13.6. The lowest BCUT2D eigenvalue weighted by molar-refractivity contribution is -0.0379. The number of hydrogen-bond acceptors (Lipinski definition) is 6. The minimum absolute atomic E-state index is 0.192. The third-order valence-electron chi connectivity index (χ3n) is 5.88. The van der Waals surface area contributed by atoms with Crippen LogP contribution >= 0.6 is 11.3 Å². The number of aromatic nitrogens is 5. The van der Waals surface area contributed by atoms with Gasteiger partial charge in [-0.3, -0.25) is 9.55 Å². The largest absolute Gasteiger partial charge is 0.370 e. The molecule has 1 aliphatic rings. The summed E-state index contributed by atoms with van der Waals surface area (Å²) in [6, 6.07) is 13.7. The van der Waals surface area contributed by atoms with Gasteiger partial charge < -0.3 is 4.74 Å². The second kappa shape index (κ2) is 7.08. The van der Waals surface area contributed by atoms with Crippen LogP contribution in [0, 0.1) is 0 Å². The normalized spacial score (nSPS) is 15.3. The molecule has 0 aliphatic carbocycles. The van der Waals surface area contributed by atoms with Gasteiger partial charge in [0.15, 0.2) is 11.5 Å². The summed E-state index contributed by atoms with van der Waals surface area (Å²) in [6.45, 7) is 5.21. The summed E-state index contributed by atoms with van der Waals surface area (Å²) in [5, 5.41) is 5.62. The average Bonchev–Trinajstić information content (AvgIpc) is 3.39. The van der Waals surface area contributed by atoms with Gasteiger partial charge in [0.2, 0.25) is 0 Å². The van der Waals surface area contributed by atoms with E-state index >= 15 is 0 Å². The zero-order chi connectivity index (χ0) is 21.9. The fraction of sp³-hybridized carbons (Fsp3) is 0.250. The van der Waals surface area contributed by atoms with Crippen molar-refractivity contribution in [3.8, 4) is 11.4 Å². The van der Waals surface area contributed by atoms with Crippen molar-refractivity contribution in [3.05, 3.63) is 81.3 Å². The third-order valence-corrected chi connectivity index (χ3v) is 7.11. The average molecular weight is 444 g/mol. The van der Waals surface area contributed by atoms with Gasteiger partial charge in [0, 0.05) is 29.3 Å². The van der Waals surface area contributed by atoms with Crippen LogP contribution < -0.4 is 5.69 Å². The minimum Gasteiger partial charge on any atom is -0.370 e. The van der Waals surface area contributed by atoms with Crippen LogP contribution in [-0.4, -0.2) is 29.8 Å². The summed E-state index contributed by atoms with van der Waals surface area (Å²) in [5.74, 6) is 0.523. The first-order chi connectivity index (χ1) is 15.5. The topological polar surface area (TPSA) is 74.3 Å². The van der Waals surface area contributed by atoms with Crippen molar-refractivity contribution in [1.29, 1.82) is 0 Å². The van der Waals surface area contributed by atoms with Crippen molar-refractivity contribution in [2.24, 2.45) is 0 Å². The maximum Gasteiger partial charge on any atom is 0.352 e. The van der Waals surface area contributed by atoms with Gasteiger partial charge in [-0.15, -0.1) is 16.4 Å². The highest BCUT2D eigenvalue weighted by Gasteiger charge is 2.32. The van der Waals surface area contributed by atoms with Gasteiger partial charge in [0.1, 0.15) is 4.83 Å². The second-order valence-electron chi connectivity index (χ2n) is 8.67. The number of nitrogens with zero attached hydrogens (tertiary/aromatic N) is 5. The number of hydrogen-bond donors (Lipinski definition) is 0. The predicted octanol–water partition coefficient (Wildman–Crippen LogP) is 4.07. The Morgan fingerprint density at radius 1 is 1.12 bits per heavy atom. The predicted molar refractivity (Wildman–Crippen MR) is 124 cm³/mol. The van der Waals surface area contributed by atoms with Crippen molar-refractivity contribution < 1.29 is 4.74 Å². The minimum atomic E-state index is -0.271. The fourth-order valence-corrected chi connectivity index (χ4v) is 5.51. The van der Waals surface area contributed by atoms with Crippen LogP contribution in [0.5, 0.6) is 0 Å². The van der Waals surface area contributed by atoms with Crippen LogP contribution in [0.25, 0.3) is 27.3 Å². The molecular formula is C24H21N5O2S. The molecule has 8 heteroatoms. The smallest absolute Gasteiger partial charge is 0.352 e. The molecule has 0 spiro atoms. The first-order valence-corrected chi connectivity index (χ1v) is 11.3. The number of thiophene rings is 1. The Bertz CT molecular complexity index is 1520. The molecule has 0 saturated heterocycles. The summed E-state index contributed by atoms with van der Waals surface area (Å²) in [7, 11) is 0. The molecule has 0 atom stereocenters. The highest BCUT2D eigenvalue weighted by molar-refractivity contribution is 7.19. The molecule has 0 saturated carbocycles. The van der Waals surface area contributed by atoms with E-state index in [-0.39, 0.29) is 11.3 Å². The Morgan fingerprint density at radius 3 is 2.69 bits per heavy atom. The van der Waals surface area contributed by atoms with E-state index in [2.05, 4.69) is 23.9 Å². The Balaban J connectivity index is 1.67. The summed E-state index contributed by atoms with van der Waals surface area (Å²) in [4.78, 5) is 24.6. The lowest BCUT2D eigenvalue weighted by Gasteiger charge is -2.30. The molecule has 1 aromatic carbocycles. The molecule has 0 amide bonds. The van der Waals surface area contributed by atoms with E-state index in [0.717, 1.165) is 32.6 Å². The van der Waals surface area contributed by atoms with Crippen LogP contribution in [0.1, 0.15) is 29.9 Å². The van der Waals surface area contributed by atoms with Gasteiger partial charge >= 0.3 is 5.69 Å². The van der Waals surface area contributed by atoms with Crippen molar-refractivity contribution in [2.75, 3.05) is 0 Å². The van der Waals surface area contributed by atoms with Crippen LogP contribution in [0.4, 0.5) is 0 Å². The van der Waals surface area contributed by atoms with Gasteiger partial charge in [0.25, 0.3) is 0 Å². The quantitative estimate of drug-likeness (QED) is 0.420. The maximum absolute atomic E-state index is 13.6. The molecule has 0 unspecified atom stereocenters. The van der Waals surface area contributed by atoms with Crippen LogP contribution in [0.3, 0.4) is 0 Å². The van der Waals surface area contributed by atoms with Crippen molar-refractivity contribution in [1.82, 2.24) is 24.1 Å². The lowest BCUT2D eigenvalue weighted by atomic mass is 9.94. The van der Waals surface area contributed by atoms with Crippen molar-refractivity contribution in [2.45, 2.75) is 39.0 Å². The molecule has 4 aromatic heterocycles. The molecule has 1 aliphatic heterocycles. The lowest BCUT2D eigenvalue weighted by Crippen LogP contribution is -2.31. The Morgan fingerprint density at radius 2 is 1.91 bits per heavy atom. The van der Waals surface area contributed by atoms with E-state index in [1.807, 2.05) is 47.0 Å². The van der Waals surface area contributed by atoms with Crippen LogP contribution in [-0.2, 0) is 24.3 Å². The molecule has 0 N–H and O–H groups in total. The molecule has 0 radical (unpaired) electrons. The van der Waals surface area contributed by atoms with Crippen molar-refractivity contribution in [3.63, 3.8) is 0 Å². The van der Waals surface area contributed by atoms with Gasteiger partial charge in [0.05, 0.1) is 24.1 Å². The number of fused-ring (bicyclic) bond motifs is 5. The molecule has 0 bridgehead atoms. The van der Waals surface area contributed by atoms with E-state index in [9.17, 15) is 4.79 Å². The number of pyridine rings is 1. The summed E-state index contributed by atoms with van der Waals surface area (Å²) in [6.07, 6.45) is 4.17. The van der Waals surface area contributed by atoms with Crippen LogP contribution in [0.15, 0.2) is 59.7 Å². The van der Waals surface area contributed by atoms with Crippen molar-refractivity contribution >= 4 is 27.2 Å². The zero-order valence-corrected chi connectivity index (χ0v) is 18.6. The summed E-state index contributed by atoms with van der Waals surface area (Å²) < 4.78 is 9.34. The van der Waals surface area contributed by atoms with E-state index in [0.29, 0.717) is 24.6 Å². The fourth-order valence-electron chi connectivity index (χ4n) is 4.30. The van der Waals surface area contributed by atoms with Crippen LogP contribution in [0.2, 0.25) is 0 Å². The highest BCUT2D eigenvalue weighted by Crippen LogP contribution is 2.40. The SMILES string of the molecule is CC1(C)Cc2c(sc3c2c2nc(-c4ccncc4)nn2c(=O)n3Cc2ccccc2)CO1. The Kier molecular flexibility index (Phi) is 4.28. The van der Waals surface area contributed by atoms with E-state index in [1.165, 1.54) is 10.1 Å². The molecule has 32 heavy (non-hydrogen) atoms. The van der Waals surface area contributed by atoms with Gasteiger partial charge in [-0.25, -0.2) is 9.78 Å². The highest BCUT2D eigenvalue weighted by atomic mass is 32.1. The second-order valence-corrected chi connectivity index (χ2v) is 9.75. The van der Waals surface area contributed by atoms with Gasteiger partial charge in [-0.05, 0) is 37.1 Å². The standard InChI is InChI=1S/C24H21N5O2S/c1-24(2)12-17-18(14-31-24)32-22-19(17)21-26-20(16-8-10-25-11-9-16)27-29(21)23(30)28(22)13-15-6-4-3-5-7-15/h3-11H,12-14H2,1-2H3. The summed E-state index contributed by atoms with van der Waals surface area (Å²) >= 11 is 1.63. The van der Waals surface area contributed by atoms with Gasteiger partial charge in [-0.1, -0.05) is 30.3 Å². The molecule has 5 aromatic rings. The third kappa shape index (κ3) is 3.06. The number of rotatable bonds is 3. The molecule has 5 heterocycles. The molecule has 0 fully saturated rings. The number of ether oxygens (including phenoxy) is 1.